The average molecular weight is 385 g/mol. The van der Waals surface area contributed by atoms with E-state index in [1.807, 2.05) is 6.20 Å². The highest BCUT2D eigenvalue weighted by molar-refractivity contribution is 7.15. The van der Waals surface area contributed by atoms with Crippen LogP contribution in [0.15, 0.2) is 39.7 Å². The number of carbonyl (C=O) groups is 1. The van der Waals surface area contributed by atoms with E-state index in [0.29, 0.717) is 28.9 Å². The quantitative estimate of drug-likeness (QED) is 0.639. The van der Waals surface area contributed by atoms with Crippen LogP contribution in [0.4, 0.5) is 15.6 Å². The molecule has 2 heterocycles. The molecule has 0 spiro atoms. The number of amides is 2. The minimum Gasteiger partial charge on any atom is -0.423 e. The van der Waals surface area contributed by atoms with Crippen molar-refractivity contribution in [3.63, 3.8) is 0 Å². The number of hydrogen-bond donors (Lipinski definition) is 2. The summed E-state index contributed by atoms with van der Waals surface area (Å²) < 4.78 is 10.4. The first-order chi connectivity index (χ1) is 13.1. The Hall–Kier alpha value is -2.71. The number of methoxy groups -OCH3 is 1. The summed E-state index contributed by atoms with van der Waals surface area (Å²) in [5.41, 5.74) is 1.20. The van der Waals surface area contributed by atoms with Crippen LogP contribution in [-0.4, -0.2) is 18.1 Å². The molecule has 0 unspecified atom stereocenters. The standard InChI is InChI=1S/C19H19N3O4S/c1-25-10-12-7-17(23)26-15-8-13(5-6-14(12)15)21-18(24)22-19-20-9-16(27-19)11-3-2-4-11/h5-9,11H,2-4,10H2,1H3,(H2,20,21,22,24). The number of thiazole rings is 1. The van der Waals surface area contributed by atoms with Gasteiger partial charge in [-0.3, -0.25) is 5.32 Å². The molecule has 4 rings (SSSR count). The zero-order chi connectivity index (χ0) is 18.8. The fourth-order valence-corrected chi connectivity index (χ4v) is 4.05. The van der Waals surface area contributed by atoms with Crippen molar-refractivity contribution in [2.45, 2.75) is 31.8 Å². The van der Waals surface area contributed by atoms with E-state index < -0.39 is 5.63 Å². The van der Waals surface area contributed by atoms with Crippen LogP contribution in [-0.2, 0) is 11.3 Å². The summed E-state index contributed by atoms with van der Waals surface area (Å²) in [5, 5.41) is 6.84. The highest BCUT2D eigenvalue weighted by atomic mass is 32.1. The first kappa shape index (κ1) is 17.7. The Bertz CT molecular complexity index is 1040. The second-order valence-electron chi connectivity index (χ2n) is 6.51. The van der Waals surface area contributed by atoms with E-state index in [4.69, 9.17) is 9.15 Å². The van der Waals surface area contributed by atoms with E-state index in [1.165, 1.54) is 41.5 Å². The van der Waals surface area contributed by atoms with Gasteiger partial charge in [0.05, 0.1) is 6.61 Å². The molecule has 1 aliphatic rings. The van der Waals surface area contributed by atoms with E-state index in [-0.39, 0.29) is 6.03 Å². The van der Waals surface area contributed by atoms with Gasteiger partial charge in [0, 0.05) is 41.4 Å². The number of fused-ring (bicyclic) bond motifs is 1. The summed E-state index contributed by atoms with van der Waals surface area (Å²) in [6.45, 7) is 0.308. The number of nitrogens with zero attached hydrogens (tertiary/aromatic N) is 1. The second kappa shape index (κ2) is 7.50. The van der Waals surface area contributed by atoms with Crippen molar-refractivity contribution in [3.05, 3.63) is 51.3 Å². The van der Waals surface area contributed by atoms with Gasteiger partial charge in [0.15, 0.2) is 5.13 Å². The Kier molecular flexibility index (Phi) is 4.91. The summed E-state index contributed by atoms with van der Waals surface area (Å²) >= 11 is 1.51. The fourth-order valence-electron chi connectivity index (χ4n) is 3.07. The van der Waals surface area contributed by atoms with Gasteiger partial charge in [0.1, 0.15) is 5.58 Å². The molecule has 1 fully saturated rings. The predicted octanol–water partition coefficient (Wildman–Crippen LogP) is 4.31. The summed E-state index contributed by atoms with van der Waals surface area (Å²) in [6, 6.07) is 6.19. The Morgan fingerprint density at radius 3 is 2.93 bits per heavy atom. The van der Waals surface area contributed by atoms with E-state index in [9.17, 15) is 9.59 Å². The summed E-state index contributed by atoms with van der Waals surface area (Å²) in [5.74, 6) is 0.589. The normalized spacial score (nSPS) is 14.1. The van der Waals surface area contributed by atoms with Crippen LogP contribution in [0.1, 0.15) is 35.6 Å². The van der Waals surface area contributed by atoms with Gasteiger partial charge in [-0.25, -0.2) is 14.6 Å². The minimum atomic E-state index is -0.456. The van der Waals surface area contributed by atoms with Crippen molar-refractivity contribution < 1.29 is 13.9 Å². The van der Waals surface area contributed by atoms with Crippen LogP contribution in [0.5, 0.6) is 0 Å². The molecular formula is C19H19N3O4S. The Balaban J connectivity index is 1.48. The second-order valence-corrected chi connectivity index (χ2v) is 7.57. The van der Waals surface area contributed by atoms with Gasteiger partial charge in [-0.05, 0) is 36.5 Å². The van der Waals surface area contributed by atoms with Gasteiger partial charge in [-0.15, -0.1) is 11.3 Å². The van der Waals surface area contributed by atoms with Crippen molar-refractivity contribution >= 4 is 39.2 Å². The molecular weight excluding hydrogens is 366 g/mol. The van der Waals surface area contributed by atoms with E-state index in [0.717, 1.165) is 10.9 Å². The Labute approximate surface area is 159 Å². The lowest BCUT2D eigenvalue weighted by molar-refractivity contribution is 0.185. The number of anilines is 2. The van der Waals surface area contributed by atoms with Crippen molar-refractivity contribution in [1.29, 1.82) is 0 Å². The van der Waals surface area contributed by atoms with Crippen molar-refractivity contribution in [1.82, 2.24) is 4.98 Å². The molecule has 27 heavy (non-hydrogen) atoms. The lowest BCUT2D eigenvalue weighted by Gasteiger charge is -2.23. The fraction of sp³-hybridized carbons (Fsp3) is 0.316. The lowest BCUT2D eigenvalue weighted by atomic mass is 9.85. The molecule has 0 saturated heterocycles. The minimum absolute atomic E-state index is 0.308. The Morgan fingerprint density at radius 1 is 1.33 bits per heavy atom. The molecule has 2 N–H and O–H groups in total. The maximum atomic E-state index is 12.2. The van der Waals surface area contributed by atoms with Crippen LogP contribution < -0.4 is 16.3 Å². The van der Waals surface area contributed by atoms with Gasteiger partial charge in [0.2, 0.25) is 0 Å². The molecule has 0 aliphatic heterocycles. The monoisotopic (exact) mass is 385 g/mol. The van der Waals surface area contributed by atoms with Crippen LogP contribution in [0.25, 0.3) is 11.0 Å². The van der Waals surface area contributed by atoms with Crippen LogP contribution in [0.3, 0.4) is 0 Å². The summed E-state index contributed by atoms with van der Waals surface area (Å²) in [7, 11) is 1.57. The molecule has 7 nitrogen and oxygen atoms in total. The van der Waals surface area contributed by atoms with E-state index in [1.54, 1.807) is 25.3 Å². The summed E-state index contributed by atoms with van der Waals surface area (Å²) in [6.07, 6.45) is 5.49. The number of rotatable bonds is 5. The predicted molar refractivity (Wildman–Crippen MR) is 105 cm³/mol. The molecule has 1 aromatic carbocycles. The smallest absolute Gasteiger partial charge is 0.336 e. The lowest BCUT2D eigenvalue weighted by Crippen LogP contribution is -2.19. The molecule has 1 saturated carbocycles. The van der Waals surface area contributed by atoms with Gasteiger partial charge in [-0.2, -0.15) is 0 Å². The van der Waals surface area contributed by atoms with Gasteiger partial charge in [0.25, 0.3) is 0 Å². The maximum Gasteiger partial charge on any atom is 0.336 e. The first-order valence-corrected chi connectivity index (χ1v) is 9.53. The number of benzene rings is 1. The third kappa shape index (κ3) is 3.86. The molecule has 0 atom stereocenters. The van der Waals surface area contributed by atoms with Crippen LogP contribution >= 0.6 is 11.3 Å². The third-order valence-corrected chi connectivity index (χ3v) is 5.71. The molecule has 0 bridgehead atoms. The molecule has 2 amide bonds. The zero-order valence-corrected chi connectivity index (χ0v) is 15.6. The largest absolute Gasteiger partial charge is 0.423 e. The van der Waals surface area contributed by atoms with Crippen molar-refractivity contribution in [2.24, 2.45) is 0 Å². The third-order valence-electron chi connectivity index (χ3n) is 4.64. The van der Waals surface area contributed by atoms with Crippen molar-refractivity contribution in [2.75, 3.05) is 17.7 Å². The Morgan fingerprint density at radius 2 is 2.19 bits per heavy atom. The molecule has 2 aromatic heterocycles. The van der Waals surface area contributed by atoms with E-state index >= 15 is 0 Å². The number of aromatic nitrogens is 1. The number of urea groups is 1. The zero-order valence-electron chi connectivity index (χ0n) is 14.8. The van der Waals surface area contributed by atoms with Crippen LogP contribution in [0.2, 0.25) is 0 Å². The van der Waals surface area contributed by atoms with Gasteiger partial charge >= 0.3 is 11.7 Å². The molecule has 3 aromatic rings. The maximum absolute atomic E-state index is 12.2. The molecule has 140 valence electrons. The topological polar surface area (TPSA) is 93.5 Å². The number of ether oxygens (including phenoxy) is 1. The molecule has 1 aliphatic carbocycles. The van der Waals surface area contributed by atoms with Crippen LogP contribution in [0, 0.1) is 0 Å². The number of carbonyl (C=O) groups excluding carboxylic acids is 1. The average Bonchev–Trinajstić information content (AvgIpc) is 3.00. The highest BCUT2D eigenvalue weighted by Gasteiger charge is 2.22. The summed E-state index contributed by atoms with van der Waals surface area (Å²) in [4.78, 5) is 29.4. The van der Waals surface area contributed by atoms with Crippen molar-refractivity contribution in [3.8, 4) is 0 Å². The van der Waals surface area contributed by atoms with Gasteiger partial charge < -0.3 is 14.5 Å². The van der Waals surface area contributed by atoms with Gasteiger partial charge in [-0.1, -0.05) is 6.42 Å². The number of nitrogens with one attached hydrogen (secondary N) is 2. The highest BCUT2D eigenvalue weighted by Crippen LogP contribution is 2.39. The first-order valence-electron chi connectivity index (χ1n) is 8.72. The molecule has 0 radical (unpaired) electrons. The van der Waals surface area contributed by atoms with E-state index in [2.05, 4.69) is 15.6 Å². The number of hydrogen-bond acceptors (Lipinski definition) is 6. The molecule has 8 heteroatoms. The SMILES string of the molecule is COCc1cc(=O)oc2cc(NC(=O)Nc3ncc(C4CCC4)s3)ccc12.